The number of rotatable bonds is 7. The van der Waals surface area contributed by atoms with Crippen molar-refractivity contribution < 1.29 is 9.53 Å². The summed E-state index contributed by atoms with van der Waals surface area (Å²) in [7, 11) is 1.63. The molecule has 11 heteroatoms. The van der Waals surface area contributed by atoms with Crippen molar-refractivity contribution in [1.82, 2.24) is 24.5 Å². The van der Waals surface area contributed by atoms with Gasteiger partial charge in [0.15, 0.2) is 0 Å². The lowest BCUT2D eigenvalue weighted by molar-refractivity contribution is -0.135. The minimum Gasteiger partial charge on any atom is -0.494 e. The number of hydrogen-bond acceptors (Lipinski definition) is 10. The summed E-state index contributed by atoms with van der Waals surface area (Å²) in [5.74, 6) is 1.47. The number of thiophene rings is 1. The largest absolute Gasteiger partial charge is 0.494 e. The number of aromatic nitrogens is 4. The number of anilines is 2. The molecule has 3 heterocycles. The fourth-order valence-electron chi connectivity index (χ4n) is 4.49. The minimum atomic E-state index is -0.0649. The van der Waals surface area contributed by atoms with Crippen molar-refractivity contribution in [3.63, 3.8) is 0 Å². The number of nitriles is 1. The van der Waals surface area contributed by atoms with Crippen LogP contribution < -0.4 is 10.1 Å². The summed E-state index contributed by atoms with van der Waals surface area (Å²) in [6.07, 6.45) is 4.18. The van der Waals surface area contributed by atoms with Crippen LogP contribution in [0.2, 0.25) is 0 Å². The number of carbonyl (C=O) groups excluding carboxylic acids is 1. The van der Waals surface area contributed by atoms with Gasteiger partial charge in [-0.3, -0.25) is 4.79 Å². The van der Waals surface area contributed by atoms with Crippen molar-refractivity contribution in [1.29, 1.82) is 5.26 Å². The van der Waals surface area contributed by atoms with Crippen molar-refractivity contribution in [2.24, 2.45) is 5.92 Å². The van der Waals surface area contributed by atoms with Crippen LogP contribution >= 0.6 is 22.9 Å². The van der Waals surface area contributed by atoms with E-state index in [-0.39, 0.29) is 11.8 Å². The predicted molar refractivity (Wildman–Crippen MR) is 133 cm³/mol. The third-order valence-corrected chi connectivity index (χ3v) is 8.05. The molecule has 34 heavy (non-hydrogen) atoms. The molecule has 1 unspecified atom stereocenters. The standard InChI is InChI=1S/C23H23N7O2S2/c1-3-30(8-4-7-24)23(31)13-5-6-14-18(9-13)33-22-20(14)21(25-12-26-22)27-15-11-19-16(28-29-34-19)10-17(15)32-2/h10-13H,3-6,8-9H2,1-2H3,(H,25,26,27). The number of ether oxygens (including phenoxy) is 1. The van der Waals surface area contributed by atoms with E-state index in [0.29, 0.717) is 31.7 Å². The number of fused-ring (bicyclic) bond motifs is 4. The molecule has 9 nitrogen and oxygen atoms in total. The van der Waals surface area contributed by atoms with E-state index in [9.17, 15) is 4.79 Å². The van der Waals surface area contributed by atoms with Crippen molar-refractivity contribution in [3.8, 4) is 11.8 Å². The van der Waals surface area contributed by atoms with Crippen molar-refractivity contribution in [2.45, 2.75) is 32.6 Å². The van der Waals surface area contributed by atoms with Gasteiger partial charge in [0.25, 0.3) is 0 Å². The summed E-state index contributed by atoms with van der Waals surface area (Å²) in [6, 6.07) is 5.98. The summed E-state index contributed by atoms with van der Waals surface area (Å²) >= 11 is 2.96. The van der Waals surface area contributed by atoms with Gasteiger partial charge in [-0.1, -0.05) is 4.49 Å². The molecular formula is C23H23N7O2S2. The van der Waals surface area contributed by atoms with Crippen LogP contribution in [0.1, 0.15) is 30.2 Å². The van der Waals surface area contributed by atoms with Crippen LogP contribution in [-0.4, -0.2) is 50.6 Å². The molecule has 5 rings (SSSR count). The maximum absolute atomic E-state index is 13.1. The van der Waals surface area contributed by atoms with Crippen LogP contribution in [0, 0.1) is 17.2 Å². The fraction of sp³-hybridized carbons (Fsp3) is 0.391. The van der Waals surface area contributed by atoms with Gasteiger partial charge in [-0.05, 0) is 49.3 Å². The maximum atomic E-state index is 13.1. The third kappa shape index (κ3) is 4.03. The zero-order chi connectivity index (χ0) is 23.7. The molecule has 3 aromatic heterocycles. The number of amides is 1. The van der Waals surface area contributed by atoms with Gasteiger partial charge in [-0.25, -0.2) is 9.97 Å². The lowest BCUT2D eigenvalue weighted by atomic mass is 9.86. The van der Waals surface area contributed by atoms with Crippen molar-refractivity contribution in [2.75, 3.05) is 25.5 Å². The van der Waals surface area contributed by atoms with E-state index in [2.05, 4.69) is 30.9 Å². The summed E-state index contributed by atoms with van der Waals surface area (Å²) in [5.41, 5.74) is 2.80. The van der Waals surface area contributed by atoms with E-state index >= 15 is 0 Å². The van der Waals surface area contributed by atoms with Crippen molar-refractivity contribution >= 4 is 60.7 Å². The molecule has 174 valence electrons. The van der Waals surface area contributed by atoms with Crippen LogP contribution in [-0.2, 0) is 17.6 Å². The SMILES string of the molecule is CCN(CCC#N)C(=O)C1CCc2c(sc3ncnc(Nc4cc5snnc5cc4OC)c23)C1. The van der Waals surface area contributed by atoms with E-state index in [1.54, 1.807) is 29.7 Å². The Hall–Kier alpha value is -3.36. The molecule has 0 bridgehead atoms. The number of nitrogens with one attached hydrogen (secondary N) is 1. The van der Waals surface area contributed by atoms with Gasteiger partial charge in [0.05, 0.1) is 35.4 Å². The normalized spacial score (nSPS) is 15.1. The van der Waals surface area contributed by atoms with Gasteiger partial charge in [0.2, 0.25) is 5.91 Å². The summed E-state index contributed by atoms with van der Waals surface area (Å²) in [6.45, 7) is 3.07. The zero-order valence-electron chi connectivity index (χ0n) is 18.9. The summed E-state index contributed by atoms with van der Waals surface area (Å²) in [4.78, 5) is 26.1. The van der Waals surface area contributed by atoms with Gasteiger partial charge in [-0.15, -0.1) is 16.4 Å². The molecule has 1 N–H and O–H groups in total. The molecule has 1 aliphatic carbocycles. The quantitative estimate of drug-likeness (QED) is 0.405. The molecule has 0 spiro atoms. The Morgan fingerprint density at radius 2 is 2.26 bits per heavy atom. The highest BCUT2D eigenvalue weighted by Gasteiger charge is 2.31. The van der Waals surface area contributed by atoms with Gasteiger partial charge in [0.1, 0.15) is 28.2 Å². The zero-order valence-corrected chi connectivity index (χ0v) is 20.5. The Bertz CT molecular complexity index is 1410. The molecule has 0 saturated heterocycles. The highest BCUT2D eigenvalue weighted by Crippen LogP contribution is 2.42. The monoisotopic (exact) mass is 493 g/mol. The maximum Gasteiger partial charge on any atom is 0.226 e. The van der Waals surface area contributed by atoms with Crippen LogP contribution in [0.15, 0.2) is 18.5 Å². The van der Waals surface area contributed by atoms with E-state index in [4.69, 9.17) is 10.00 Å². The molecule has 0 aliphatic heterocycles. The Balaban J connectivity index is 1.46. The number of nitrogens with zero attached hydrogens (tertiary/aromatic N) is 6. The van der Waals surface area contributed by atoms with Crippen LogP contribution in [0.25, 0.3) is 20.4 Å². The van der Waals surface area contributed by atoms with Gasteiger partial charge in [0, 0.05) is 30.0 Å². The van der Waals surface area contributed by atoms with Crippen LogP contribution in [0.5, 0.6) is 5.75 Å². The number of benzene rings is 1. The van der Waals surface area contributed by atoms with E-state index in [1.165, 1.54) is 22.0 Å². The second kappa shape index (κ2) is 9.48. The Labute approximate surface area is 204 Å². The van der Waals surface area contributed by atoms with E-state index < -0.39 is 0 Å². The first kappa shape index (κ1) is 22.4. The molecule has 1 aromatic carbocycles. The summed E-state index contributed by atoms with van der Waals surface area (Å²) < 4.78 is 10.5. The van der Waals surface area contributed by atoms with Crippen molar-refractivity contribution in [3.05, 3.63) is 28.9 Å². The molecule has 0 radical (unpaired) electrons. The van der Waals surface area contributed by atoms with E-state index in [1.807, 2.05) is 19.1 Å². The molecule has 1 atom stereocenters. The van der Waals surface area contributed by atoms with Gasteiger partial charge < -0.3 is 15.0 Å². The predicted octanol–water partition coefficient (Wildman–Crippen LogP) is 4.32. The second-order valence-corrected chi connectivity index (χ2v) is 9.96. The Morgan fingerprint density at radius 1 is 1.38 bits per heavy atom. The first-order valence-electron chi connectivity index (χ1n) is 11.1. The number of methoxy groups -OCH3 is 1. The minimum absolute atomic E-state index is 0.0649. The van der Waals surface area contributed by atoms with Crippen LogP contribution in [0.3, 0.4) is 0 Å². The van der Waals surface area contributed by atoms with Crippen LogP contribution in [0.4, 0.5) is 11.5 Å². The smallest absolute Gasteiger partial charge is 0.226 e. The van der Waals surface area contributed by atoms with Gasteiger partial charge in [-0.2, -0.15) is 5.26 Å². The lowest BCUT2D eigenvalue weighted by Gasteiger charge is -2.28. The highest BCUT2D eigenvalue weighted by molar-refractivity contribution is 7.19. The molecule has 1 aliphatic rings. The van der Waals surface area contributed by atoms with Gasteiger partial charge >= 0.3 is 0 Å². The fourth-order valence-corrected chi connectivity index (χ4v) is 6.33. The summed E-state index contributed by atoms with van der Waals surface area (Å²) in [5, 5.41) is 17.5. The first-order valence-corrected chi connectivity index (χ1v) is 12.7. The lowest BCUT2D eigenvalue weighted by Crippen LogP contribution is -2.38. The number of carbonyl (C=O) groups is 1. The Kier molecular flexibility index (Phi) is 6.26. The number of aryl methyl sites for hydroxylation is 1. The molecule has 1 amide bonds. The Morgan fingerprint density at radius 3 is 3.06 bits per heavy atom. The first-order chi connectivity index (χ1) is 16.6. The third-order valence-electron chi connectivity index (χ3n) is 6.20. The molecule has 0 fully saturated rings. The average Bonchev–Trinajstić information content (AvgIpc) is 3.47. The highest BCUT2D eigenvalue weighted by atomic mass is 32.1. The topological polar surface area (TPSA) is 117 Å². The molecule has 0 saturated carbocycles. The molecular weight excluding hydrogens is 470 g/mol. The second-order valence-electron chi connectivity index (χ2n) is 8.09. The molecule has 4 aromatic rings. The van der Waals surface area contributed by atoms with E-state index in [0.717, 1.165) is 44.8 Å². The number of hydrogen-bond donors (Lipinski definition) is 1. The average molecular weight is 494 g/mol.